The lowest BCUT2D eigenvalue weighted by atomic mass is 10.1. The van der Waals surface area contributed by atoms with Gasteiger partial charge in [-0.2, -0.15) is 0 Å². The fourth-order valence-corrected chi connectivity index (χ4v) is 2.54. The van der Waals surface area contributed by atoms with E-state index >= 15 is 0 Å². The van der Waals surface area contributed by atoms with Crippen molar-refractivity contribution in [3.63, 3.8) is 0 Å². The van der Waals surface area contributed by atoms with Gasteiger partial charge in [-0.25, -0.2) is 4.39 Å². The van der Waals surface area contributed by atoms with Crippen molar-refractivity contribution in [2.24, 2.45) is 0 Å². The van der Waals surface area contributed by atoms with E-state index in [4.69, 9.17) is 9.84 Å². The van der Waals surface area contributed by atoms with Gasteiger partial charge >= 0.3 is 0 Å². The van der Waals surface area contributed by atoms with Gasteiger partial charge in [-0.1, -0.05) is 0 Å². The molecule has 3 rings (SSSR count). The quantitative estimate of drug-likeness (QED) is 0.712. The SMILES string of the molecule is O=C1Nc2cc(N3CCOC(CO)C3)c(F)cc2C1O. The van der Waals surface area contributed by atoms with Gasteiger partial charge in [-0.05, 0) is 12.1 Å². The van der Waals surface area contributed by atoms with Crippen LogP contribution >= 0.6 is 0 Å². The van der Waals surface area contributed by atoms with Gasteiger partial charge in [0.25, 0.3) is 5.91 Å². The Morgan fingerprint density at radius 1 is 1.50 bits per heavy atom. The van der Waals surface area contributed by atoms with Gasteiger partial charge in [0, 0.05) is 24.3 Å². The number of benzene rings is 1. The third-order valence-corrected chi connectivity index (χ3v) is 3.60. The van der Waals surface area contributed by atoms with Crippen molar-refractivity contribution in [1.82, 2.24) is 0 Å². The van der Waals surface area contributed by atoms with Crippen LogP contribution in [-0.4, -0.2) is 48.5 Å². The largest absolute Gasteiger partial charge is 0.394 e. The first-order valence-electron chi connectivity index (χ1n) is 6.40. The molecule has 1 amide bonds. The molecule has 1 aromatic carbocycles. The minimum absolute atomic E-state index is 0.126. The first kappa shape index (κ1) is 13.3. The van der Waals surface area contributed by atoms with Crippen LogP contribution in [0.3, 0.4) is 0 Å². The summed E-state index contributed by atoms with van der Waals surface area (Å²) in [6, 6.07) is 2.69. The third kappa shape index (κ3) is 2.13. The highest BCUT2D eigenvalue weighted by molar-refractivity contribution is 6.02. The number of halogens is 1. The Hall–Kier alpha value is -1.70. The Morgan fingerprint density at radius 3 is 3.05 bits per heavy atom. The highest BCUT2D eigenvalue weighted by Gasteiger charge is 2.31. The second kappa shape index (κ2) is 5.01. The Bertz CT molecular complexity index is 551. The van der Waals surface area contributed by atoms with Crippen LogP contribution in [-0.2, 0) is 9.53 Å². The van der Waals surface area contributed by atoms with E-state index in [0.29, 0.717) is 31.1 Å². The van der Waals surface area contributed by atoms with Gasteiger partial charge in [-0.3, -0.25) is 4.79 Å². The average molecular weight is 282 g/mol. The predicted molar refractivity (Wildman–Crippen MR) is 69.0 cm³/mol. The maximum absolute atomic E-state index is 14.2. The Balaban J connectivity index is 1.91. The van der Waals surface area contributed by atoms with E-state index in [1.54, 1.807) is 4.90 Å². The molecule has 2 heterocycles. The molecule has 0 radical (unpaired) electrons. The number of aliphatic hydroxyl groups excluding tert-OH is 2. The van der Waals surface area contributed by atoms with Crippen molar-refractivity contribution in [1.29, 1.82) is 0 Å². The second-order valence-corrected chi connectivity index (χ2v) is 4.90. The number of nitrogens with one attached hydrogen (secondary N) is 1. The van der Waals surface area contributed by atoms with Crippen LogP contribution < -0.4 is 10.2 Å². The maximum atomic E-state index is 14.2. The molecule has 7 heteroatoms. The van der Waals surface area contributed by atoms with Gasteiger partial charge in [0.15, 0.2) is 6.10 Å². The summed E-state index contributed by atoms with van der Waals surface area (Å²) in [6.45, 7) is 1.15. The monoisotopic (exact) mass is 282 g/mol. The van der Waals surface area contributed by atoms with Crippen LogP contribution in [0.5, 0.6) is 0 Å². The van der Waals surface area contributed by atoms with Gasteiger partial charge < -0.3 is 25.2 Å². The lowest BCUT2D eigenvalue weighted by molar-refractivity contribution is -0.123. The second-order valence-electron chi connectivity index (χ2n) is 4.90. The highest BCUT2D eigenvalue weighted by atomic mass is 19.1. The lowest BCUT2D eigenvalue weighted by Crippen LogP contribution is -2.44. The Kier molecular flexibility index (Phi) is 3.33. The summed E-state index contributed by atoms with van der Waals surface area (Å²) in [7, 11) is 0. The van der Waals surface area contributed by atoms with E-state index in [1.807, 2.05) is 0 Å². The molecule has 0 aromatic heterocycles. The highest BCUT2D eigenvalue weighted by Crippen LogP contribution is 2.36. The predicted octanol–water partition coefficient (Wildman–Crippen LogP) is 0.00870. The first-order chi connectivity index (χ1) is 9.60. The molecule has 2 unspecified atom stereocenters. The number of aliphatic hydroxyl groups is 2. The van der Waals surface area contributed by atoms with E-state index in [2.05, 4.69) is 5.32 Å². The van der Waals surface area contributed by atoms with Crippen LogP contribution in [0.25, 0.3) is 0 Å². The summed E-state index contributed by atoms with van der Waals surface area (Å²) in [6.07, 6.45) is -1.67. The molecule has 108 valence electrons. The van der Waals surface area contributed by atoms with E-state index in [1.165, 1.54) is 12.1 Å². The number of hydrogen-bond donors (Lipinski definition) is 3. The van der Waals surface area contributed by atoms with Crippen LogP contribution in [0.2, 0.25) is 0 Å². The number of amides is 1. The number of morpholine rings is 1. The number of ether oxygens (including phenoxy) is 1. The van der Waals surface area contributed by atoms with Crippen molar-refractivity contribution in [3.05, 3.63) is 23.5 Å². The summed E-state index contributed by atoms with van der Waals surface area (Å²) < 4.78 is 19.5. The van der Waals surface area contributed by atoms with E-state index in [-0.39, 0.29) is 18.3 Å². The molecule has 0 saturated carbocycles. The van der Waals surface area contributed by atoms with E-state index in [9.17, 15) is 14.3 Å². The normalized spacial score (nSPS) is 25.6. The number of hydrogen-bond acceptors (Lipinski definition) is 5. The molecule has 0 bridgehead atoms. The number of rotatable bonds is 2. The van der Waals surface area contributed by atoms with Crippen molar-refractivity contribution in [2.45, 2.75) is 12.2 Å². The van der Waals surface area contributed by atoms with Crippen molar-refractivity contribution in [2.75, 3.05) is 36.5 Å². The molecule has 2 aliphatic heterocycles. The van der Waals surface area contributed by atoms with Gasteiger partial charge in [0.05, 0.1) is 25.0 Å². The molecule has 0 spiro atoms. The molecule has 1 aromatic rings. The topological polar surface area (TPSA) is 82.0 Å². The van der Waals surface area contributed by atoms with Crippen LogP contribution in [0.1, 0.15) is 11.7 Å². The zero-order valence-electron chi connectivity index (χ0n) is 10.7. The fraction of sp³-hybridized carbons (Fsp3) is 0.462. The zero-order valence-corrected chi connectivity index (χ0v) is 10.7. The molecule has 3 N–H and O–H groups in total. The average Bonchev–Trinajstić information content (AvgIpc) is 2.73. The summed E-state index contributed by atoms with van der Waals surface area (Å²) in [5.41, 5.74) is 1.01. The summed E-state index contributed by atoms with van der Waals surface area (Å²) in [5.74, 6) is -1.05. The lowest BCUT2D eigenvalue weighted by Gasteiger charge is -2.34. The molecule has 20 heavy (non-hydrogen) atoms. The van der Waals surface area contributed by atoms with Crippen LogP contribution in [0, 0.1) is 5.82 Å². The molecule has 1 saturated heterocycles. The molecule has 6 nitrogen and oxygen atoms in total. The number of carbonyl (C=O) groups excluding carboxylic acids is 1. The van der Waals surface area contributed by atoms with Crippen molar-refractivity contribution < 1.29 is 24.1 Å². The summed E-state index contributed by atoms with van der Waals surface area (Å²) in [4.78, 5) is 13.1. The molecular formula is C13H15FN2O4. The molecule has 2 aliphatic rings. The van der Waals surface area contributed by atoms with Crippen LogP contribution in [0.4, 0.5) is 15.8 Å². The smallest absolute Gasteiger partial charge is 0.257 e. The maximum Gasteiger partial charge on any atom is 0.257 e. The molecule has 0 aliphatic carbocycles. The standard InChI is InChI=1S/C13H15FN2O4/c14-9-3-8-10(15-13(19)12(8)18)4-11(9)16-1-2-20-7(5-16)6-17/h3-4,7,12,17-18H,1-2,5-6H2,(H,15,19). The minimum atomic E-state index is -1.32. The first-order valence-corrected chi connectivity index (χ1v) is 6.40. The molecule has 2 atom stereocenters. The third-order valence-electron chi connectivity index (χ3n) is 3.60. The fourth-order valence-electron chi connectivity index (χ4n) is 2.54. The minimum Gasteiger partial charge on any atom is -0.394 e. The Labute approximate surface area is 114 Å². The molecular weight excluding hydrogens is 267 g/mol. The summed E-state index contributed by atoms with van der Waals surface area (Å²) in [5, 5.41) is 21.2. The number of anilines is 2. The Morgan fingerprint density at radius 2 is 2.30 bits per heavy atom. The van der Waals surface area contributed by atoms with Crippen molar-refractivity contribution in [3.8, 4) is 0 Å². The number of carbonyl (C=O) groups is 1. The summed E-state index contributed by atoms with van der Waals surface area (Å²) >= 11 is 0. The number of nitrogens with zero attached hydrogens (tertiary/aromatic N) is 1. The van der Waals surface area contributed by atoms with Gasteiger partial charge in [0.1, 0.15) is 5.82 Å². The number of fused-ring (bicyclic) bond motifs is 1. The van der Waals surface area contributed by atoms with Gasteiger partial charge in [0.2, 0.25) is 0 Å². The van der Waals surface area contributed by atoms with Gasteiger partial charge in [-0.15, -0.1) is 0 Å². The van der Waals surface area contributed by atoms with Crippen LogP contribution in [0.15, 0.2) is 12.1 Å². The molecule has 1 fully saturated rings. The van der Waals surface area contributed by atoms with E-state index < -0.39 is 17.8 Å². The van der Waals surface area contributed by atoms with E-state index in [0.717, 1.165) is 0 Å². The zero-order chi connectivity index (χ0) is 14.3. The van der Waals surface area contributed by atoms with Crippen molar-refractivity contribution >= 4 is 17.3 Å².